The van der Waals surface area contributed by atoms with Gasteiger partial charge in [0.15, 0.2) is 0 Å². The van der Waals surface area contributed by atoms with Crippen LogP contribution in [0.4, 0.5) is 24.5 Å². The molecule has 5 nitrogen and oxygen atoms in total. The van der Waals surface area contributed by atoms with E-state index in [0.717, 1.165) is 0 Å². The van der Waals surface area contributed by atoms with Crippen molar-refractivity contribution in [3.8, 4) is 5.75 Å². The summed E-state index contributed by atoms with van der Waals surface area (Å²) < 4.78 is 43.0. The molecule has 1 N–H and O–H groups in total. The molecular formula is C19H17F3N2O3S. The van der Waals surface area contributed by atoms with Crippen molar-refractivity contribution < 1.29 is 27.5 Å². The molecule has 148 valence electrons. The van der Waals surface area contributed by atoms with Crippen molar-refractivity contribution in [2.45, 2.75) is 17.5 Å². The molecule has 0 saturated heterocycles. The van der Waals surface area contributed by atoms with Gasteiger partial charge in [-0.25, -0.2) is 0 Å². The number of amides is 2. The molecule has 0 aliphatic carbocycles. The average Bonchev–Trinajstić information content (AvgIpc) is 2.80. The van der Waals surface area contributed by atoms with Gasteiger partial charge in [0.25, 0.3) is 0 Å². The summed E-state index contributed by atoms with van der Waals surface area (Å²) in [6.45, 7) is -0.0532. The maximum Gasteiger partial charge on any atom is 0.398 e. The summed E-state index contributed by atoms with van der Waals surface area (Å²) in [5.74, 6) is -1.33. The second-order valence-electron chi connectivity index (χ2n) is 5.99. The van der Waals surface area contributed by atoms with Crippen LogP contribution in [0.5, 0.6) is 5.75 Å². The third-order valence-electron chi connectivity index (χ3n) is 3.88. The van der Waals surface area contributed by atoms with Crippen LogP contribution in [0.15, 0.2) is 53.4 Å². The van der Waals surface area contributed by atoms with Crippen molar-refractivity contribution in [1.82, 2.24) is 0 Å². The van der Waals surface area contributed by atoms with E-state index in [1.165, 1.54) is 17.0 Å². The molecule has 2 aromatic carbocycles. The van der Waals surface area contributed by atoms with Crippen molar-refractivity contribution >= 4 is 35.0 Å². The molecule has 28 heavy (non-hydrogen) atoms. The lowest BCUT2D eigenvalue weighted by atomic mass is 10.2. The van der Waals surface area contributed by atoms with Gasteiger partial charge in [-0.2, -0.15) is 13.2 Å². The van der Waals surface area contributed by atoms with Gasteiger partial charge in [-0.3, -0.25) is 14.5 Å². The monoisotopic (exact) mass is 410 g/mol. The largest absolute Gasteiger partial charge is 0.491 e. The van der Waals surface area contributed by atoms with Crippen molar-refractivity contribution in [3.05, 3.63) is 48.5 Å². The summed E-state index contributed by atoms with van der Waals surface area (Å²) in [6.07, 6.45) is -4.19. The quantitative estimate of drug-likeness (QED) is 0.755. The van der Waals surface area contributed by atoms with Crippen LogP contribution in [0.1, 0.15) is 6.42 Å². The summed E-state index contributed by atoms with van der Waals surface area (Å²) in [6, 6.07) is 13.1. The number of hydrogen-bond donors (Lipinski definition) is 1. The number of nitrogens with one attached hydrogen (secondary N) is 1. The van der Waals surface area contributed by atoms with Crippen molar-refractivity contribution in [3.63, 3.8) is 0 Å². The van der Waals surface area contributed by atoms with Gasteiger partial charge in [-0.1, -0.05) is 24.3 Å². The highest BCUT2D eigenvalue weighted by Crippen LogP contribution is 2.33. The topological polar surface area (TPSA) is 58.6 Å². The summed E-state index contributed by atoms with van der Waals surface area (Å²) >= 11 is 0.594. The number of benzene rings is 2. The van der Waals surface area contributed by atoms with Crippen LogP contribution in [0.3, 0.4) is 0 Å². The van der Waals surface area contributed by atoms with Gasteiger partial charge in [0.1, 0.15) is 12.3 Å². The predicted octanol–water partition coefficient (Wildman–Crippen LogP) is 4.10. The Kier molecular flexibility index (Phi) is 6.13. The van der Waals surface area contributed by atoms with E-state index in [4.69, 9.17) is 4.74 Å². The van der Waals surface area contributed by atoms with Crippen LogP contribution in [-0.4, -0.2) is 36.9 Å². The molecule has 2 amide bonds. The molecule has 0 saturated carbocycles. The van der Waals surface area contributed by atoms with Gasteiger partial charge in [-0.15, -0.1) is 11.8 Å². The fourth-order valence-electron chi connectivity index (χ4n) is 2.68. The molecule has 0 aromatic heterocycles. The number of carbonyl (C=O) groups is 2. The molecule has 2 aromatic rings. The first kappa shape index (κ1) is 20.1. The second-order valence-corrected chi connectivity index (χ2v) is 7.01. The number of hydrogen-bond acceptors (Lipinski definition) is 4. The maximum absolute atomic E-state index is 12.5. The van der Waals surface area contributed by atoms with E-state index in [1.54, 1.807) is 36.4 Å². The molecule has 9 heteroatoms. The average molecular weight is 410 g/mol. The van der Waals surface area contributed by atoms with Crippen molar-refractivity contribution in [1.29, 1.82) is 0 Å². The van der Waals surface area contributed by atoms with Crippen molar-refractivity contribution in [2.24, 2.45) is 0 Å². The van der Waals surface area contributed by atoms with Crippen LogP contribution in [0.25, 0.3) is 0 Å². The maximum atomic E-state index is 12.5. The highest BCUT2D eigenvalue weighted by Gasteiger charge is 2.28. The van der Waals surface area contributed by atoms with E-state index in [9.17, 15) is 22.8 Å². The Labute approximate surface area is 163 Å². The second kappa shape index (κ2) is 8.55. The zero-order valence-corrected chi connectivity index (χ0v) is 15.5. The highest BCUT2D eigenvalue weighted by atomic mass is 32.2. The summed E-state index contributed by atoms with van der Waals surface area (Å²) in [5, 5.41) is 2.60. The lowest BCUT2D eigenvalue weighted by Gasteiger charge is -2.21. The van der Waals surface area contributed by atoms with E-state index in [2.05, 4.69) is 5.32 Å². The molecular weight excluding hydrogens is 393 g/mol. The number of rotatable bonds is 5. The van der Waals surface area contributed by atoms with E-state index in [1.807, 2.05) is 0 Å². The Morgan fingerprint density at radius 3 is 2.64 bits per heavy atom. The Bertz CT molecular complexity index is 873. The van der Waals surface area contributed by atoms with Crippen LogP contribution < -0.4 is 15.0 Å². The smallest absolute Gasteiger partial charge is 0.398 e. The van der Waals surface area contributed by atoms with Gasteiger partial charge >= 0.3 is 6.18 Å². The number of para-hydroxylation sites is 3. The number of halogens is 3. The van der Waals surface area contributed by atoms with E-state index >= 15 is 0 Å². The summed E-state index contributed by atoms with van der Waals surface area (Å²) in [5.41, 5.74) is 0.758. The zero-order valence-electron chi connectivity index (χ0n) is 14.7. The first-order valence-corrected chi connectivity index (χ1v) is 9.43. The van der Waals surface area contributed by atoms with Gasteiger partial charge in [-0.05, 0) is 24.3 Å². The Hall–Kier alpha value is -2.68. The molecule has 0 spiro atoms. The third kappa shape index (κ3) is 5.19. The van der Waals surface area contributed by atoms with Gasteiger partial charge < -0.3 is 10.1 Å². The van der Waals surface area contributed by atoms with Crippen LogP contribution in [-0.2, 0) is 9.59 Å². The Balaban J connectivity index is 1.73. The lowest BCUT2D eigenvalue weighted by molar-refractivity contribution is -0.121. The van der Waals surface area contributed by atoms with Crippen LogP contribution in [0.2, 0.25) is 0 Å². The fraction of sp³-hybridized carbons (Fsp3) is 0.263. The molecule has 0 unspecified atom stereocenters. The minimum absolute atomic E-state index is 0.125. The third-order valence-corrected chi connectivity index (χ3v) is 5.02. The Morgan fingerprint density at radius 1 is 1.14 bits per heavy atom. The minimum Gasteiger partial charge on any atom is -0.491 e. The fourth-order valence-corrected chi connectivity index (χ4v) is 3.45. The van der Waals surface area contributed by atoms with Gasteiger partial charge in [0, 0.05) is 4.90 Å². The predicted molar refractivity (Wildman–Crippen MR) is 101 cm³/mol. The molecule has 0 fully saturated rings. The number of nitrogens with zero attached hydrogens (tertiary/aromatic N) is 1. The van der Waals surface area contributed by atoms with E-state index < -0.39 is 17.8 Å². The number of thioether (sulfide) groups is 1. The number of ether oxygens (including phenoxy) is 1. The van der Waals surface area contributed by atoms with E-state index in [0.29, 0.717) is 28.1 Å². The number of alkyl halides is 3. The molecule has 0 bridgehead atoms. The first-order chi connectivity index (χ1) is 13.3. The number of anilines is 2. The zero-order chi connectivity index (χ0) is 20.1. The molecule has 3 rings (SSSR count). The number of fused-ring (bicyclic) bond motifs is 1. The molecule has 0 atom stereocenters. The molecule has 1 heterocycles. The molecule has 0 radical (unpaired) electrons. The van der Waals surface area contributed by atoms with E-state index in [-0.39, 0.29) is 31.2 Å². The molecule has 1 aliphatic rings. The molecule has 1 aliphatic heterocycles. The highest BCUT2D eigenvalue weighted by molar-refractivity contribution is 7.99. The van der Waals surface area contributed by atoms with Gasteiger partial charge in [0.05, 0.1) is 30.2 Å². The SMILES string of the molecule is O=C(CN1C(=O)CCOc2ccccc21)Nc1ccccc1SCC(F)(F)F. The lowest BCUT2D eigenvalue weighted by Crippen LogP contribution is -2.37. The summed E-state index contributed by atoms with van der Waals surface area (Å²) in [7, 11) is 0. The van der Waals surface area contributed by atoms with Crippen molar-refractivity contribution in [2.75, 3.05) is 29.1 Å². The van der Waals surface area contributed by atoms with Gasteiger partial charge in [0.2, 0.25) is 11.8 Å². The Morgan fingerprint density at radius 2 is 1.86 bits per heavy atom. The minimum atomic E-state index is -4.32. The normalized spacial score (nSPS) is 14.1. The number of carbonyl (C=O) groups excluding carboxylic acids is 2. The first-order valence-electron chi connectivity index (χ1n) is 8.44. The summed E-state index contributed by atoms with van der Waals surface area (Å²) in [4.78, 5) is 26.5. The standard InChI is InChI=1S/C19H17F3N2O3S/c20-19(21,22)12-28-16-8-4-1-5-13(16)23-17(25)11-24-14-6-2-3-7-15(14)27-10-9-18(24)26/h1-8H,9-12H2,(H,23,25). The van der Waals surface area contributed by atoms with Crippen LogP contribution in [0, 0.1) is 0 Å². The van der Waals surface area contributed by atoms with Crippen LogP contribution >= 0.6 is 11.8 Å².